The summed E-state index contributed by atoms with van der Waals surface area (Å²) in [6.07, 6.45) is 1.97. The predicted octanol–water partition coefficient (Wildman–Crippen LogP) is 2.64. The number of nitrogens with zero attached hydrogens (tertiary/aromatic N) is 1. The van der Waals surface area contributed by atoms with E-state index in [0.29, 0.717) is 6.92 Å². The fourth-order valence-electron chi connectivity index (χ4n) is 1.63. The van der Waals surface area contributed by atoms with Crippen LogP contribution in [0.1, 0.15) is 12.7 Å². The number of rotatable bonds is 3. The average molecular weight is 300 g/mol. The third-order valence-electron chi connectivity index (χ3n) is 2.79. The van der Waals surface area contributed by atoms with Crippen LogP contribution in [0.25, 0.3) is 16.6 Å². The van der Waals surface area contributed by atoms with Crippen molar-refractivity contribution in [2.75, 3.05) is 0 Å². The monoisotopic (exact) mass is 300 g/mol. The number of halogens is 4. The first-order valence-electron chi connectivity index (χ1n) is 5.85. The number of fused-ring (bicyclic) bond motifs is 1. The van der Waals surface area contributed by atoms with E-state index >= 15 is 0 Å². The van der Waals surface area contributed by atoms with E-state index in [4.69, 9.17) is 11.5 Å². The third-order valence-corrected chi connectivity index (χ3v) is 2.79. The summed E-state index contributed by atoms with van der Waals surface area (Å²) in [5.41, 5.74) is 10.3. The van der Waals surface area contributed by atoms with Crippen LogP contribution in [0.4, 0.5) is 17.6 Å². The molecule has 8 heteroatoms. The second kappa shape index (κ2) is 5.12. The Morgan fingerprint density at radius 3 is 2.48 bits per heavy atom. The van der Waals surface area contributed by atoms with E-state index in [1.54, 1.807) is 0 Å². The van der Waals surface area contributed by atoms with Gasteiger partial charge in [-0.2, -0.15) is 0 Å². The van der Waals surface area contributed by atoms with Crippen LogP contribution in [-0.2, 0) is 0 Å². The maximum atomic E-state index is 13.1. The van der Waals surface area contributed by atoms with Crippen LogP contribution in [0.2, 0.25) is 0 Å². The van der Waals surface area contributed by atoms with Gasteiger partial charge in [-0.3, -0.25) is 0 Å². The van der Waals surface area contributed by atoms with E-state index in [9.17, 15) is 17.6 Å². The zero-order valence-electron chi connectivity index (χ0n) is 10.9. The van der Waals surface area contributed by atoms with Crippen LogP contribution in [0.15, 0.2) is 30.1 Å². The molecule has 5 N–H and O–H groups in total. The third kappa shape index (κ3) is 2.99. The largest absolute Gasteiger partial charge is 0.404 e. The van der Waals surface area contributed by atoms with E-state index in [0.717, 1.165) is 24.4 Å². The minimum absolute atomic E-state index is 0.0738. The van der Waals surface area contributed by atoms with Gasteiger partial charge in [0.25, 0.3) is 5.92 Å². The van der Waals surface area contributed by atoms with Gasteiger partial charge in [-0.05, 0) is 6.08 Å². The molecule has 0 bridgehead atoms. The van der Waals surface area contributed by atoms with Crippen LogP contribution in [0.5, 0.6) is 0 Å². The Labute approximate surface area is 117 Å². The second-order valence-corrected chi connectivity index (χ2v) is 4.48. The molecule has 0 saturated heterocycles. The van der Waals surface area contributed by atoms with Crippen LogP contribution < -0.4 is 11.5 Å². The fraction of sp³-hybridized carbons (Fsp3) is 0.154. The summed E-state index contributed by atoms with van der Waals surface area (Å²) in [6.45, 7) is 0.635. The number of aromatic amines is 1. The zero-order chi connectivity index (χ0) is 15.8. The Bertz CT molecular complexity index is 701. The zero-order valence-corrected chi connectivity index (χ0v) is 10.9. The maximum Gasteiger partial charge on any atom is 0.284 e. The van der Waals surface area contributed by atoms with E-state index in [1.807, 2.05) is 0 Å². The lowest BCUT2D eigenvalue weighted by Crippen LogP contribution is -2.21. The standard InChI is InChI=1S/C13H12F4N4/c1-13(16,17)11(19)2-6(5-18)12-20-9-3-7(14)8(15)4-10(9)21-12/h2-5H,18-19H2,1H3,(H,20,21)/b6-5+,11-2-. The summed E-state index contributed by atoms with van der Waals surface area (Å²) in [5.74, 6) is -5.26. The molecular formula is C13H12F4N4. The molecule has 0 unspecified atom stereocenters. The molecule has 0 saturated carbocycles. The molecule has 0 amide bonds. The molecule has 21 heavy (non-hydrogen) atoms. The lowest BCUT2D eigenvalue weighted by atomic mass is 10.2. The van der Waals surface area contributed by atoms with Crippen LogP contribution in [0.3, 0.4) is 0 Å². The molecule has 0 aliphatic rings. The minimum atomic E-state index is -3.22. The molecule has 2 aromatic rings. The molecule has 112 valence electrons. The Hall–Kier alpha value is -2.51. The van der Waals surface area contributed by atoms with Crippen molar-refractivity contribution < 1.29 is 17.6 Å². The van der Waals surface area contributed by atoms with Crippen molar-refractivity contribution in [3.8, 4) is 0 Å². The van der Waals surface area contributed by atoms with Gasteiger partial charge >= 0.3 is 0 Å². The average Bonchev–Trinajstić information content (AvgIpc) is 2.77. The summed E-state index contributed by atoms with van der Waals surface area (Å²) < 4.78 is 52.3. The Balaban J connectivity index is 2.49. The normalized spacial score (nSPS) is 14.0. The van der Waals surface area contributed by atoms with E-state index < -0.39 is 23.3 Å². The summed E-state index contributed by atoms with van der Waals surface area (Å²) >= 11 is 0. The lowest BCUT2D eigenvalue weighted by Gasteiger charge is -2.10. The van der Waals surface area contributed by atoms with E-state index in [1.165, 1.54) is 0 Å². The molecule has 0 aliphatic carbocycles. The molecular weight excluding hydrogens is 288 g/mol. The fourth-order valence-corrected chi connectivity index (χ4v) is 1.63. The van der Waals surface area contributed by atoms with Gasteiger partial charge in [-0.15, -0.1) is 0 Å². The highest BCUT2D eigenvalue weighted by molar-refractivity contribution is 5.81. The Morgan fingerprint density at radius 2 is 1.90 bits per heavy atom. The van der Waals surface area contributed by atoms with Crippen molar-refractivity contribution in [1.29, 1.82) is 0 Å². The number of H-pyrrole nitrogens is 1. The highest BCUT2D eigenvalue weighted by Gasteiger charge is 2.25. The molecule has 0 fully saturated rings. The van der Waals surface area contributed by atoms with Crippen LogP contribution in [0, 0.1) is 11.6 Å². The van der Waals surface area contributed by atoms with Gasteiger partial charge < -0.3 is 16.5 Å². The number of allylic oxidation sites excluding steroid dienone is 3. The molecule has 2 rings (SSSR count). The van der Waals surface area contributed by atoms with Gasteiger partial charge in [0.15, 0.2) is 11.6 Å². The number of nitrogens with one attached hydrogen (secondary N) is 1. The molecule has 0 radical (unpaired) electrons. The summed E-state index contributed by atoms with van der Waals surface area (Å²) in [6, 6.07) is 1.80. The van der Waals surface area contributed by atoms with Crippen molar-refractivity contribution in [2.24, 2.45) is 11.5 Å². The first-order chi connectivity index (χ1) is 9.72. The summed E-state index contributed by atoms with van der Waals surface area (Å²) in [4.78, 5) is 6.63. The number of imidazole rings is 1. The van der Waals surface area contributed by atoms with Gasteiger partial charge in [0, 0.05) is 30.8 Å². The molecule has 0 atom stereocenters. The molecule has 0 aliphatic heterocycles. The number of alkyl halides is 2. The number of nitrogens with two attached hydrogens (primary N) is 2. The Kier molecular flexibility index (Phi) is 3.63. The maximum absolute atomic E-state index is 13.1. The van der Waals surface area contributed by atoms with Crippen molar-refractivity contribution in [3.05, 3.63) is 47.6 Å². The topological polar surface area (TPSA) is 80.7 Å². The first-order valence-corrected chi connectivity index (χ1v) is 5.85. The number of benzene rings is 1. The molecule has 4 nitrogen and oxygen atoms in total. The van der Waals surface area contributed by atoms with E-state index in [-0.39, 0.29) is 22.4 Å². The first kappa shape index (κ1) is 14.9. The van der Waals surface area contributed by atoms with Crippen LogP contribution in [-0.4, -0.2) is 15.9 Å². The van der Waals surface area contributed by atoms with Crippen molar-refractivity contribution in [3.63, 3.8) is 0 Å². The van der Waals surface area contributed by atoms with Gasteiger partial charge in [-0.1, -0.05) is 0 Å². The Morgan fingerprint density at radius 1 is 1.29 bits per heavy atom. The molecule has 1 aromatic carbocycles. The minimum Gasteiger partial charge on any atom is -0.404 e. The van der Waals surface area contributed by atoms with Crippen molar-refractivity contribution in [2.45, 2.75) is 12.8 Å². The second-order valence-electron chi connectivity index (χ2n) is 4.48. The molecule has 1 aromatic heterocycles. The number of aromatic nitrogens is 2. The van der Waals surface area contributed by atoms with Gasteiger partial charge in [-0.25, -0.2) is 22.5 Å². The highest BCUT2D eigenvalue weighted by atomic mass is 19.3. The van der Waals surface area contributed by atoms with Crippen LogP contribution >= 0.6 is 0 Å². The molecule has 0 spiro atoms. The summed E-state index contributed by atoms with van der Waals surface area (Å²) in [7, 11) is 0. The predicted molar refractivity (Wildman–Crippen MR) is 71.1 cm³/mol. The number of hydrogen-bond donors (Lipinski definition) is 3. The lowest BCUT2D eigenvalue weighted by molar-refractivity contribution is 0.0619. The summed E-state index contributed by atoms with van der Waals surface area (Å²) in [5, 5.41) is 0. The van der Waals surface area contributed by atoms with Crippen molar-refractivity contribution >= 4 is 16.6 Å². The van der Waals surface area contributed by atoms with Gasteiger partial charge in [0.2, 0.25) is 0 Å². The quantitative estimate of drug-likeness (QED) is 0.602. The van der Waals surface area contributed by atoms with E-state index in [2.05, 4.69) is 9.97 Å². The van der Waals surface area contributed by atoms with Gasteiger partial charge in [0.05, 0.1) is 16.7 Å². The highest BCUT2D eigenvalue weighted by Crippen LogP contribution is 2.24. The molecule has 1 heterocycles. The smallest absolute Gasteiger partial charge is 0.284 e. The van der Waals surface area contributed by atoms with Gasteiger partial charge in [0.1, 0.15) is 5.82 Å². The number of hydrogen-bond acceptors (Lipinski definition) is 3. The van der Waals surface area contributed by atoms with Crippen molar-refractivity contribution in [1.82, 2.24) is 9.97 Å². The SMILES string of the molecule is CC(F)(F)/C(N)=C/C(=C\N)c1nc2cc(F)c(F)cc2[nH]1.